The molecule has 0 saturated carbocycles. The van der Waals surface area contributed by atoms with E-state index in [-0.39, 0.29) is 39.6 Å². The number of aromatic amines is 1. The van der Waals surface area contributed by atoms with E-state index < -0.39 is 22.6 Å². The van der Waals surface area contributed by atoms with E-state index >= 15 is 0 Å². The maximum Gasteiger partial charge on any atom is 0.332 e. The number of hydrazone groups is 1. The van der Waals surface area contributed by atoms with E-state index in [2.05, 4.69) is 20.4 Å². The molecule has 0 saturated heterocycles. The second kappa shape index (κ2) is 9.01. The number of H-pyrrole nitrogens is 1. The first-order valence-corrected chi connectivity index (χ1v) is 9.03. The van der Waals surface area contributed by atoms with E-state index in [9.17, 15) is 29.6 Å². The van der Waals surface area contributed by atoms with Gasteiger partial charge in [0, 0.05) is 24.7 Å². The monoisotopic (exact) mass is 439 g/mol. The summed E-state index contributed by atoms with van der Waals surface area (Å²) in [5.74, 6) is -0.279. The number of nitro benzene ring substituents is 1. The number of aliphatic hydroxyl groups is 1. The van der Waals surface area contributed by atoms with Crippen LogP contribution in [0.25, 0.3) is 11.0 Å². The number of hydrogen-bond donors (Lipinski definition) is 5. The first-order valence-electron chi connectivity index (χ1n) is 9.03. The lowest BCUT2D eigenvalue weighted by Gasteiger charge is -2.14. The number of amides is 3. The molecule has 0 bridgehead atoms. The van der Waals surface area contributed by atoms with Gasteiger partial charge in [0.1, 0.15) is 11.8 Å². The van der Waals surface area contributed by atoms with Crippen molar-refractivity contribution in [1.82, 2.24) is 15.4 Å². The SMILES string of the molecule is CC(=O)Nc1ccc(C(O)/C(=N\NC(N)=O)c2nc3ccc([N+](=O)[O-])cc3[nH]c2=O)cc1. The zero-order chi connectivity index (χ0) is 23.4. The minimum absolute atomic E-state index is 0.101. The van der Waals surface area contributed by atoms with Crippen molar-refractivity contribution in [2.75, 3.05) is 5.32 Å². The number of aromatic nitrogens is 2. The van der Waals surface area contributed by atoms with Gasteiger partial charge in [-0.1, -0.05) is 12.1 Å². The Kier molecular flexibility index (Phi) is 6.21. The van der Waals surface area contributed by atoms with Crippen LogP contribution in [0.4, 0.5) is 16.2 Å². The molecule has 0 radical (unpaired) electrons. The van der Waals surface area contributed by atoms with Gasteiger partial charge in [-0.2, -0.15) is 5.10 Å². The summed E-state index contributed by atoms with van der Waals surface area (Å²) in [6.07, 6.45) is -1.52. The minimum Gasteiger partial charge on any atom is -0.382 e. The lowest BCUT2D eigenvalue weighted by molar-refractivity contribution is -0.384. The normalized spacial score (nSPS) is 12.2. The van der Waals surface area contributed by atoms with Crippen molar-refractivity contribution in [2.45, 2.75) is 13.0 Å². The fourth-order valence-electron chi connectivity index (χ4n) is 2.83. The van der Waals surface area contributed by atoms with E-state index in [4.69, 9.17) is 5.73 Å². The number of nitro groups is 1. The molecule has 2 aromatic carbocycles. The number of urea groups is 1. The molecule has 13 heteroatoms. The van der Waals surface area contributed by atoms with Crippen molar-refractivity contribution in [3.05, 3.63) is 74.2 Å². The molecule has 3 amide bonds. The Labute approximate surface area is 179 Å². The second-order valence-corrected chi connectivity index (χ2v) is 6.55. The van der Waals surface area contributed by atoms with E-state index in [1.54, 1.807) is 0 Å². The molecule has 0 aliphatic rings. The summed E-state index contributed by atoms with van der Waals surface area (Å²) in [5, 5.41) is 28.1. The van der Waals surface area contributed by atoms with Crippen LogP contribution in [0.2, 0.25) is 0 Å². The van der Waals surface area contributed by atoms with Gasteiger partial charge in [-0.05, 0) is 23.8 Å². The van der Waals surface area contributed by atoms with Crippen LogP contribution in [0.3, 0.4) is 0 Å². The van der Waals surface area contributed by atoms with Crippen molar-refractivity contribution >= 4 is 40.1 Å². The Balaban J connectivity index is 2.07. The highest BCUT2D eigenvalue weighted by Crippen LogP contribution is 2.21. The third-order valence-electron chi connectivity index (χ3n) is 4.22. The number of fused-ring (bicyclic) bond motifs is 1. The van der Waals surface area contributed by atoms with Gasteiger partial charge in [-0.25, -0.2) is 15.2 Å². The van der Waals surface area contributed by atoms with Crippen LogP contribution in [0.1, 0.15) is 24.3 Å². The summed E-state index contributed by atoms with van der Waals surface area (Å²) < 4.78 is 0. The fourth-order valence-corrected chi connectivity index (χ4v) is 2.83. The summed E-state index contributed by atoms with van der Waals surface area (Å²) in [7, 11) is 0. The Hall–Kier alpha value is -4.65. The van der Waals surface area contributed by atoms with Gasteiger partial charge in [0.2, 0.25) is 5.91 Å². The van der Waals surface area contributed by atoms with Gasteiger partial charge >= 0.3 is 6.03 Å². The molecule has 0 fully saturated rings. The van der Waals surface area contributed by atoms with Gasteiger partial charge in [0.15, 0.2) is 5.69 Å². The number of nitrogens with zero attached hydrogens (tertiary/aromatic N) is 3. The predicted molar refractivity (Wildman–Crippen MR) is 114 cm³/mol. The van der Waals surface area contributed by atoms with Crippen LogP contribution in [0.15, 0.2) is 52.4 Å². The fraction of sp³-hybridized carbons (Fsp3) is 0.105. The minimum atomic E-state index is -1.52. The zero-order valence-electron chi connectivity index (χ0n) is 16.5. The number of carbonyl (C=O) groups is 2. The quantitative estimate of drug-likeness (QED) is 0.213. The van der Waals surface area contributed by atoms with E-state index in [1.807, 2.05) is 5.43 Å². The summed E-state index contributed by atoms with van der Waals surface area (Å²) in [5.41, 5.74) is 6.33. The smallest absolute Gasteiger partial charge is 0.332 e. The first-order chi connectivity index (χ1) is 15.2. The highest BCUT2D eigenvalue weighted by Gasteiger charge is 2.23. The Bertz CT molecular complexity index is 1300. The number of non-ortho nitro benzene ring substituents is 1. The molecule has 1 heterocycles. The van der Waals surface area contributed by atoms with Gasteiger partial charge in [-0.15, -0.1) is 0 Å². The number of primary amides is 1. The second-order valence-electron chi connectivity index (χ2n) is 6.55. The lowest BCUT2D eigenvalue weighted by atomic mass is 10.0. The predicted octanol–water partition coefficient (Wildman–Crippen LogP) is 0.896. The summed E-state index contributed by atoms with van der Waals surface area (Å²) in [6, 6.07) is 8.63. The highest BCUT2D eigenvalue weighted by molar-refractivity contribution is 6.03. The molecule has 0 aliphatic carbocycles. The first kappa shape index (κ1) is 22.0. The van der Waals surface area contributed by atoms with E-state index in [0.717, 1.165) is 6.07 Å². The molecular weight excluding hydrogens is 422 g/mol. The Morgan fingerprint density at radius 2 is 1.94 bits per heavy atom. The van der Waals surface area contributed by atoms with E-state index in [1.165, 1.54) is 43.3 Å². The van der Waals surface area contributed by atoms with Crippen LogP contribution >= 0.6 is 0 Å². The third-order valence-corrected chi connectivity index (χ3v) is 4.22. The molecule has 3 rings (SSSR count). The molecule has 32 heavy (non-hydrogen) atoms. The van der Waals surface area contributed by atoms with Gasteiger partial charge in [0.05, 0.1) is 16.0 Å². The topological polar surface area (TPSA) is 206 Å². The number of carbonyl (C=O) groups excluding carboxylic acids is 2. The number of aliphatic hydroxyl groups excluding tert-OH is 1. The summed E-state index contributed by atoms with van der Waals surface area (Å²) in [4.78, 5) is 51.9. The maximum absolute atomic E-state index is 12.6. The number of nitrogens with one attached hydrogen (secondary N) is 3. The molecule has 164 valence electrons. The molecule has 13 nitrogen and oxygen atoms in total. The van der Waals surface area contributed by atoms with Crippen molar-refractivity contribution in [1.29, 1.82) is 0 Å². The summed E-state index contributed by atoms with van der Waals surface area (Å²) >= 11 is 0. The van der Waals surface area contributed by atoms with Crippen molar-refractivity contribution in [3.63, 3.8) is 0 Å². The van der Waals surface area contributed by atoms with Crippen molar-refractivity contribution < 1.29 is 19.6 Å². The number of rotatable bonds is 6. The number of benzene rings is 2. The number of anilines is 1. The molecule has 1 atom stereocenters. The number of nitrogens with two attached hydrogens (primary N) is 1. The summed E-state index contributed by atoms with van der Waals surface area (Å²) in [6.45, 7) is 1.34. The van der Waals surface area contributed by atoms with Crippen LogP contribution in [0, 0.1) is 10.1 Å². The molecule has 1 aromatic heterocycles. The molecular formula is C19H17N7O6. The standard InChI is InChI=1S/C19H17N7O6/c1-9(27)21-11-4-2-10(3-5-11)17(28)15(24-25-19(20)30)16-18(29)23-14-8-12(26(31)32)6-7-13(14)22-16/h2-8,17,28H,1H3,(H,21,27)(H,23,29)(H3,20,25,30)/b24-15-. The molecule has 1 unspecified atom stereocenters. The van der Waals surface area contributed by atoms with Gasteiger partial charge in [-0.3, -0.25) is 19.7 Å². The van der Waals surface area contributed by atoms with Crippen LogP contribution in [-0.2, 0) is 4.79 Å². The maximum atomic E-state index is 12.6. The largest absolute Gasteiger partial charge is 0.382 e. The third kappa shape index (κ3) is 4.91. The molecule has 0 spiro atoms. The zero-order valence-corrected chi connectivity index (χ0v) is 16.5. The molecule has 6 N–H and O–H groups in total. The molecule has 0 aliphatic heterocycles. The number of hydrogen-bond acceptors (Lipinski definition) is 8. The average Bonchev–Trinajstić information content (AvgIpc) is 2.73. The van der Waals surface area contributed by atoms with Crippen LogP contribution in [-0.4, -0.2) is 37.6 Å². The molecule has 3 aromatic rings. The lowest BCUT2D eigenvalue weighted by Crippen LogP contribution is -2.31. The van der Waals surface area contributed by atoms with Crippen LogP contribution in [0.5, 0.6) is 0 Å². The van der Waals surface area contributed by atoms with Crippen molar-refractivity contribution in [2.24, 2.45) is 10.8 Å². The van der Waals surface area contributed by atoms with Crippen LogP contribution < -0.4 is 22.0 Å². The van der Waals surface area contributed by atoms with Gasteiger partial charge in [0.25, 0.3) is 11.2 Å². The van der Waals surface area contributed by atoms with Crippen molar-refractivity contribution in [3.8, 4) is 0 Å². The van der Waals surface area contributed by atoms with Gasteiger partial charge < -0.3 is 21.1 Å². The Morgan fingerprint density at radius 1 is 1.25 bits per heavy atom. The Morgan fingerprint density at radius 3 is 2.53 bits per heavy atom. The highest BCUT2D eigenvalue weighted by atomic mass is 16.6. The van der Waals surface area contributed by atoms with E-state index in [0.29, 0.717) is 5.69 Å². The average molecular weight is 439 g/mol.